The molecule has 0 saturated carbocycles. The van der Waals surface area contributed by atoms with E-state index in [4.69, 9.17) is 21.1 Å². The fourth-order valence-corrected chi connectivity index (χ4v) is 3.00. The average Bonchev–Trinajstić information content (AvgIpc) is 2.36. The van der Waals surface area contributed by atoms with E-state index in [1.165, 1.54) is 58.5 Å². The van der Waals surface area contributed by atoms with Crippen LogP contribution in [0.5, 0.6) is 0 Å². The van der Waals surface area contributed by atoms with Gasteiger partial charge in [-0.1, -0.05) is 51.4 Å². The minimum absolute atomic E-state index is 0.526. The van der Waals surface area contributed by atoms with Gasteiger partial charge in [-0.3, -0.25) is 4.18 Å². The number of hydrogen-bond acceptors (Lipinski definition) is 4. The van der Waals surface area contributed by atoms with Crippen LogP contribution >= 0.6 is 0 Å². The van der Waals surface area contributed by atoms with E-state index in [1.807, 2.05) is 0 Å². The minimum atomic E-state index is -2.41. The average molecular weight is 296 g/mol. The minimum Gasteiger partial charge on any atom is -0.330 e. The molecule has 0 bridgehead atoms. The number of unbranched alkanes of at least 4 members (excludes halogenated alkanes) is 9. The first-order chi connectivity index (χ1) is 8.62. The van der Waals surface area contributed by atoms with Gasteiger partial charge in [0.05, 0.1) is 12.9 Å². The highest BCUT2D eigenvalue weighted by Crippen LogP contribution is 2.11. The lowest BCUT2D eigenvalue weighted by Gasteiger charge is -2.04. The van der Waals surface area contributed by atoms with Gasteiger partial charge in [-0.05, 0) is 19.4 Å². The van der Waals surface area contributed by atoms with Gasteiger partial charge in [-0.25, -0.2) is 4.21 Å². The van der Waals surface area contributed by atoms with Gasteiger partial charge in [0.15, 0.2) is 0 Å². The first-order valence-corrected chi connectivity index (χ1v) is 9.68. The van der Waals surface area contributed by atoms with Crippen LogP contribution in [0.1, 0.15) is 64.2 Å². The maximum Gasteiger partial charge on any atom is 0.143 e. The van der Waals surface area contributed by atoms with E-state index < -0.39 is 8.77 Å². The second-order valence-corrected chi connectivity index (χ2v) is 8.13. The summed E-state index contributed by atoms with van der Waals surface area (Å²) in [5, 5.41) is 0. The Labute approximate surface area is 118 Å². The predicted octanol–water partition coefficient (Wildman–Crippen LogP) is 3.15. The van der Waals surface area contributed by atoms with E-state index in [2.05, 4.69) is 0 Å². The largest absolute Gasteiger partial charge is 0.330 e. The fraction of sp³-hybridized carbons (Fsp3) is 1.00. The molecule has 110 valence electrons. The first kappa shape index (κ1) is 18.3. The lowest BCUT2D eigenvalue weighted by molar-refractivity contribution is 0.441. The van der Waals surface area contributed by atoms with Crippen LogP contribution < -0.4 is 5.73 Å². The van der Waals surface area contributed by atoms with Gasteiger partial charge in [-0.2, -0.15) is 0 Å². The molecule has 1 atom stereocenters. The van der Waals surface area contributed by atoms with Gasteiger partial charge < -0.3 is 5.73 Å². The van der Waals surface area contributed by atoms with Crippen molar-refractivity contribution in [1.29, 1.82) is 0 Å². The molecule has 0 aromatic carbocycles. The van der Waals surface area contributed by atoms with E-state index in [0.717, 1.165) is 19.4 Å². The van der Waals surface area contributed by atoms with E-state index >= 15 is 0 Å². The molecule has 0 saturated heterocycles. The Hall–Kier alpha value is 0.290. The highest BCUT2D eigenvalue weighted by molar-refractivity contribution is 8.30. The maximum atomic E-state index is 11.4. The number of rotatable bonds is 13. The van der Waals surface area contributed by atoms with Crippen LogP contribution in [0.4, 0.5) is 0 Å². The highest BCUT2D eigenvalue weighted by Gasteiger charge is 2.02. The molecular formula is C13H29NO2S2. The summed E-state index contributed by atoms with van der Waals surface area (Å²) in [5.74, 6) is 0.526. The zero-order valence-corrected chi connectivity index (χ0v) is 13.3. The SMILES string of the molecule is COS(=O)(=S)CCCCCCCCCCCCN. The molecule has 0 aliphatic heterocycles. The second-order valence-electron chi connectivity index (χ2n) is 4.75. The predicted molar refractivity (Wildman–Crippen MR) is 82.6 cm³/mol. The van der Waals surface area contributed by atoms with Crippen LogP contribution in [0, 0.1) is 0 Å². The lowest BCUT2D eigenvalue weighted by Crippen LogP contribution is -2.05. The van der Waals surface area contributed by atoms with Crippen LogP contribution in [-0.2, 0) is 24.1 Å². The maximum absolute atomic E-state index is 11.4. The van der Waals surface area contributed by atoms with Crippen LogP contribution in [0.15, 0.2) is 0 Å². The Kier molecular flexibility index (Phi) is 12.5. The van der Waals surface area contributed by atoms with Gasteiger partial charge in [-0.15, -0.1) is 0 Å². The topological polar surface area (TPSA) is 52.3 Å². The summed E-state index contributed by atoms with van der Waals surface area (Å²) >= 11 is 4.81. The van der Waals surface area contributed by atoms with Crippen molar-refractivity contribution in [2.24, 2.45) is 5.73 Å². The molecule has 0 aromatic heterocycles. The molecule has 0 fully saturated rings. The molecule has 0 heterocycles. The Balaban J connectivity index is 3.12. The Morgan fingerprint density at radius 3 is 1.67 bits per heavy atom. The van der Waals surface area contributed by atoms with Crippen molar-refractivity contribution in [3.05, 3.63) is 0 Å². The normalized spacial score (nSPS) is 14.6. The third-order valence-electron chi connectivity index (χ3n) is 3.10. The third kappa shape index (κ3) is 12.7. The van der Waals surface area contributed by atoms with Gasteiger partial charge >= 0.3 is 0 Å². The smallest absolute Gasteiger partial charge is 0.143 e. The monoisotopic (exact) mass is 295 g/mol. The molecule has 0 aliphatic carbocycles. The zero-order valence-electron chi connectivity index (χ0n) is 11.7. The Bertz CT molecular complexity index is 266. The summed E-state index contributed by atoms with van der Waals surface area (Å²) in [6.45, 7) is 0.827. The summed E-state index contributed by atoms with van der Waals surface area (Å²) in [5.41, 5.74) is 5.44. The second kappa shape index (κ2) is 12.3. The summed E-state index contributed by atoms with van der Waals surface area (Å²) in [4.78, 5) is 0. The van der Waals surface area contributed by atoms with Crippen LogP contribution in [0.25, 0.3) is 0 Å². The van der Waals surface area contributed by atoms with Crippen molar-refractivity contribution in [2.45, 2.75) is 64.2 Å². The Morgan fingerprint density at radius 2 is 1.28 bits per heavy atom. The van der Waals surface area contributed by atoms with E-state index in [-0.39, 0.29) is 0 Å². The van der Waals surface area contributed by atoms with Gasteiger partial charge in [0, 0.05) is 11.2 Å². The summed E-state index contributed by atoms with van der Waals surface area (Å²) in [7, 11) is -0.976. The van der Waals surface area contributed by atoms with Crippen molar-refractivity contribution < 1.29 is 8.39 Å². The first-order valence-electron chi connectivity index (χ1n) is 7.11. The van der Waals surface area contributed by atoms with Crippen molar-refractivity contribution in [3.63, 3.8) is 0 Å². The van der Waals surface area contributed by atoms with Crippen molar-refractivity contribution in [3.8, 4) is 0 Å². The molecule has 0 amide bonds. The molecular weight excluding hydrogens is 266 g/mol. The standard InChI is InChI=1S/C13H29NO2S2/c1-16-18(15,17)13-11-9-7-5-3-2-4-6-8-10-12-14/h2-14H2,1H3. The van der Waals surface area contributed by atoms with E-state index in [9.17, 15) is 4.21 Å². The van der Waals surface area contributed by atoms with Crippen LogP contribution in [-0.4, -0.2) is 23.6 Å². The van der Waals surface area contributed by atoms with Crippen LogP contribution in [0.2, 0.25) is 0 Å². The molecule has 2 N–H and O–H groups in total. The summed E-state index contributed by atoms with van der Waals surface area (Å²) in [6.07, 6.45) is 12.3. The molecule has 3 nitrogen and oxygen atoms in total. The summed E-state index contributed by atoms with van der Waals surface area (Å²) in [6, 6.07) is 0. The summed E-state index contributed by atoms with van der Waals surface area (Å²) < 4.78 is 16.2. The van der Waals surface area contributed by atoms with E-state index in [1.54, 1.807) is 0 Å². The van der Waals surface area contributed by atoms with E-state index in [0.29, 0.717) is 5.75 Å². The molecule has 0 rings (SSSR count). The van der Waals surface area contributed by atoms with Crippen molar-refractivity contribution in [1.82, 2.24) is 0 Å². The van der Waals surface area contributed by atoms with Crippen LogP contribution in [0.3, 0.4) is 0 Å². The van der Waals surface area contributed by atoms with Crippen molar-refractivity contribution in [2.75, 3.05) is 19.4 Å². The molecule has 18 heavy (non-hydrogen) atoms. The Morgan fingerprint density at radius 1 is 0.889 bits per heavy atom. The van der Waals surface area contributed by atoms with Gasteiger partial charge in [0.2, 0.25) is 0 Å². The highest BCUT2D eigenvalue weighted by atomic mass is 32.8. The molecule has 5 heteroatoms. The van der Waals surface area contributed by atoms with Crippen molar-refractivity contribution >= 4 is 20.0 Å². The van der Waals surface area contributed by atoms with Gasteiger partial charge in [0.25, 0.3) is 0 Å². The molecule has 0 aromatic rings. The molecule has 1 unspecified atom stereocenters. The number of nitrogens with two attached hydrogens (primary N) is 1. The quantitative estimate of drug-likeness (QED) is 0.530. The third-order valence-corrected chi connectivity index (χ3v) is 5.31. The lowest BCUT2D eigenvalue weighted by atomic mass is 10.1. The molecule has 0 aliphatic rings. The fourth-order valence-electron chi connectivity index (χ4n) is 1.92. The molecule has 0 spiro atoms. The number of hydrogen-bond donors (Lipinski definition) is 1. The van der Waals surface area contributed by atoms with Gasteiger partial charge in [0.1, 0.15) is 8.77 Å². The zero-order chi connectivity index (χ0) is 13.7. The molecule has 0 radical (unpaired) electrons.